The van der Waals surface area contributed by atoms with E-state index in [0.717, 1.165) is 10.9 Å². The number of nitrogens with one attached hydrogen (secondary N) is 5. The zero-order chi connectivity index (χ0) is 69.6. The van der Waals surface area contributed by atoms with Crippen molar-refractivity contribution in [3.8, 4) is 0 Å². The SMILES string of the molecule is CC[C@H](C)[C@H](CC(=O)[C@H](CC(N)=O)NC(=O)[C@H](CCCN=C(N)N)CC(=O)[C@H](CC(C)C)NC(=O)[C@H](CO)CC(=O)[C@@H](C)CCCN=C(N)N)C(=O)N[C@H](C(=O)C[C@@H](CC1=CN=CC1)C(=O)N[C@@H](Cc1c[nH]c2ccccc12)C(=O)C[C@@H](CC(N)=O)C(N)=O)[C@@H](C)CC. The molecule has 1 aliphatic rings. The summed E-state index contributed by atoms with van der Waals surface area (Å²) in [5, 5.41) is 22.1. The second-order valence-corrected chi connectivity index (χ2v) is 25.1. The first kappa shape index (κ1) is 78.6. The van der Waals surface area contributed by atoms with Crippen molar-refractivity contribution in [3.05, 3.63) is 47.8 Å². The number of benzene rings is 1. The number of aromatic nitrogens is 1. The lowest BCUT2D eigenvalue weighted by molar-refractivity contribution is -0.138. The average molecular weight is 1300 g/mol. The van der Waals surface area contributed by atoms with Gasteiger partial charge in [0.1, 0.15) is 5.78 Å². The van der Waals surface area contributed by atoms with Crippen LogP contribution in [-0.2, 0) is 64.0 Å². The molecule has 0 aliphatic carbocycles. The molecule has 1 aromatic heterocycles. The fraction of sp³-hybridized carbons (Fsp3) is 0.615. The molecule has 7 amide bonds. The Morgan fingerprint density at radius 2 is 1.11 bits per heavy atom. The predicted molar refractivity (Wildman–Crippen MR) is 352 cm³/mol. The maximum Gasteiger partial charge on any atom is 0.226 e. The van der Waals surface area contributed by atoms with Crippen molar-refractivity contribution in [1.82, 2.24) is 26.3 Å². The third kappa shape index (κ3) is 27.2. The first-order chi connectivity index (χ1) is 43.9. The highest BCUT2D eigenvalue weighted by molar-refractivity contribution is 6.00. The normalized spacial score (nSPS) is 15.9. The van der Waals surface area contributed by atoms with Gasteiger partial charge in [0.15, 0.2) is 35.1 Å². The number of aliphatic hydroxyl groups is 1. The lowest BCUT2D eigenvalue weighted by Gasteiger charge is -2.30. The minimum atomic E-state index is -1.61. The smallest absolute Gasteiger partial charge is 0.226 e. The molecule has 0 unspecified atom stereocenters. The van der Waals surface area contributed by atoms with Crippen LogP contribution in [0.1, 0.15) is 157 Å². The van der Waals surface area contributed by atoms with Crippen molar-refractivity contribution in [1.29, 1.82) is 0 Å². The number of ketones is 5. The Balaban J connectivity index is 1.94. The van der Waals surface area contributed by atoms with Gasteiger partial charge in [0.05, 0.1) is 49.0 Å². The molecule has 1 aliphatic heterocycles. The average Bonchev–Trinajstić information content (AvgIpc) is 1.79. The summed E-state index contributed by atoms with van der Waals surface area (Å²) in [7, 11) is 0. The van der Waals surface area contributed by atoms with E-state index in [4.69, 9.17) is 40.1 Å². The molecule has 20 N–H and O–H groups in total. The zero-order valence-corrected chi connectivity index (χ0v) is 54.9. The predicted octanol–water partition coefficient (Wildman–Crippen LogP) is 1.39. The maximum absolute atomic E-state index is 14.8. The minimum Gasteiger partial charge on any atom is -0.396 e. The van der Waals surface area contributed by atoms with E-state index in [1.807, 2.05) is 18.2 Å². The monoisotopic (exact) mass is 1300 g/mol. The summed E-state index contributed by atoms with van der Waals surface area (Å²) in [5.41, 5.74) is 40.7. The topological polar surface area (TPSA) is 508 Å². The molecule has 28 nitrogen and oxygen atoms in total. The van der Waals surface area contributed by atoms with Gasteiger partial charge in [0, 0.05) is 118 Å². The van der Waals surface area contributed by atoms with Gasteiger partial charge in [-0.1, -0.05) is 79.5 Å². The number of nitrogens with zero attached hydrogens (tertiary/aromatic N) is 3. The summed E-state index contributed by atoms with van der Waals surface area (Å²) in [6, 6.07) is 1.99. The van der Waals surface area contributed by atoms with E-state index in [1.54, 1.807) is 73.1 Å². The quantitative estimate of drug-likeness (QED) is 0.0253. The molecular weight excluding hydrogens is 1200 g/mol. The summed E-state index contributed by atoms with van der Waals surface area (Å²) in [5.74, 6) is -16.6. The summed E-state index contributed by atoms with van der Waals surface area (Å²) >= 11 is 0. The van der Waals surface area contributed by atoms with Crippen LogP contribution < -0.4 is 61.4 Å². The Morgan fingerprint density at radius 1 is 0.570 bits per heavy atom. The molecule has 3 rings (SSSR count). The van der Waals surface area contributed by atoms with Crippen LogP contribution in [0.25, 0.3) is 10.9 Å². The minimum absolute atomic E-state index is 0.0229. The number of fused-ring (bicyclic) bond motifs is 1. The number of primary amides is 3. The van der Waals surface area contributed by atoms with Gasteiger partial charge in [-0.15, -0.1) is 0 Å². The lowest BCUT2D eigenvalue weighted by Crippen LogP contribution is -2.51. The van der Waals surface area contributed by atoms with E-state index < -0.39 is 181 Å². The summed E-state index contributed by atoms with van der Waals surface area (Å²) in [6.07, 6.45) is 3.55. The molecule has 2 heterocycles. The number of hydrogen-bond donors (Lipinski definition) is 13. The number of nitrogens with two attached hydrogens (primary N) is 7. The van der Waals surface area contributed by atoms with Crippen LogP contribution in [0.3, 0.4) is 0 Å². The number of H-pyrrole nitrogens is 1. The van der Waals surface area contributed by atoms with Crippen LogP contribution in [0, 0.1) is 53.3 Å². The van der Waals surface area contributed by atoms with Crippen LogP contribution in [0.15, 0.2) is 57.2 Å². The molecule has 12 atom stereocenters. The van der Waals surface area contributed by atoms with Crippen molar-refractivity contribution >= 4 is 99.3 Å². The Bertz CT molecular complexity index is 3060. The Labute approximate surface area is 543 Å². The highest BCUT2D eigenvalue weighted by Gasteiger charge is 2.39. The van der Waals surface area contributed by atoms with Gasteiger partial charge in [-0.3, -0.25) is 72.5 Å². The van der Waals surface area contributed by atoms with Gasteiger partial charge in [0.25, 0.3) is 0 Å². The Hall–Kier alpha value is -8.69. The molecule has 0 radical (unpaired) electrons. The van der Waals surface area contributed by atoms with Crippen molar-refractivity contribution in [2.24, 2.45) is 108 Å². The largest absolute Gasteiger partial charge is 0.396 e. The van der Waals surface area contributed by atoms with Crippen molar-refractivity contribution < 1.29 is 62.6 Å². The number of guanidine groups is 2. The number of rotatable bonds is 47. The molecule has 0 fully saturated rings. The second-order valence-electron chi connectivity index (χ2n) is 25.1. The number of aliphatic imine (C=N–C) groups is 3. The first-order valence-corrected chi connectivity index (χ1v) is 32.1. The molecule has 0 saturated heterocycles. The fourth-order valence-electron chi connectivity index (χ4n) is 11.1. The number of aliphatic hydroxyl groups excluding tert-OH is 1. The van der Waals surface area contributed by atoms with E-state index in [9.17, 15) is 62.6 Å². The third-order valence-corrected chi connectivity index (χ3v) is 17.1. The molecule has 0 saturated carbocycles. The highest BCUT2D eigenvalue weighted by Crippen LogP contribution is 2.28. The number of carbonyl (C=O) groups is 12. The van der Waals surface area contributed by atoms with Gasteiger partial charge in [0.2, 0.25) is 41.4 Å². The van der Waals surface area contributed by atoms with E-state index in [2.05, 4.69) is 41.2 Å². The number of amides is 7. The molecule has 0 spiro atoms. The van der Waals surface area contributed by atoms with Crippen LogP contribution in [0.4, 0.5) is 0 Å². The Morgan fingerprint density at radius 3 is 1.68 bits per heavy atom. The number of Topliss-reactive ketones (excluding diaryl/α,β-unsaturated/α-hetero) is 5. The number of aromatic amines is 1. The highest BCUT2D eigenvalue weighted by atomic mass is 16.3. The number of hydrogen-bond acceptors (Lipinski definition) is 16. The molecule has 93 heavy (non-hydrogen) atoms. The first-order valence-electron chi connectivity index (χ1n) is 32.1. The van der Waals surface area contributed by atoms with E-state index >= 15 is 0 Å². The number of allylic oxidation sites excluding steroid dienone is 1. The summed E-state index contributed by atoms with van der Waals surface area (Å²) in [4.78, 5) is 181. The molecule has 514 valence electrons. The fourth-order valence-corrected chi connectivity index (χ4v) is 11.1. The van der Waals surface area contributed by atoms with Crippen molar-refractivity contribution in [2.75, 3.05) is 19.7 Å². The number of para-hydroxylation sites is 1. The Kier molecular flexibility index (Phi) is 33.5. The van der Waals surface area contributed by atoms with E-state index in [0.29, 0.717) is 49.8 Å². The third-order valence-electron chi connectivity index (χ3n) is 17.1. The number of carbonyl (C=O) groups excluding carboxylic acids is 12. The maximum atomic E-state index is 14.8. The van der Waals surface area contributed by atoms with Gasteiger partial charge >= 0.3 is 0 Å². The van der Waals surface area contributed by atoms with Crippen LogP contribution in [0.5, 0.6) is 0 Å². The standard InChI is InChI=1S/C65H101N15O13/c1-8-36(5)46(30-54(85)50(31-57(67)88)79-60(90)40(15-13-20-75-65(71)72)25-52(83)48(22-35(3)4)77-62(92)44(34-81)28-51(82)38(7)14-12-19-74-64(69)70)63(93)80-58(37(6)9-2)55(86)27-42(23-39-18-21-73-32-39)61(91)78-49(53(84)26-41(59(68)89)29-56(66)87)24-43-33-76-47-17-11-10-16-45(43)47/h10-11,16-17,21,32-33,35-38,40-42,44,46,48-50,58,76,81H,8-9,12-15,18-20,22-31,34H2,1-7H3,(H2,66,87)(H2,67,88)(H2,68,89)(H,77,92)(H,78,91)(H,79,90)(H,80,93)(H4,69,70,74)(H4,71,72,75)/t36-,37-,38-,40+,41-,42+,44-,46-,48-,49-,50-,58-/m0/s1. The van der Waals surface area contributed by atoms with Gasteiger partial charge < -0.3 is 71.5 Å². The van der Waals surface area contributed by atoms with E-state index in [1.165, 1.54) is 0 Å². The molecule has 1 aromatic carbocycles. The van der Waals surface area contributed by atoms with Crippen molar-refractivity contribution in [2.45, 2.75) is 182 Å². The van der Waals surface area contributed by atoms with Gasteiger partial charge in [-0.2, -0.15) is 0 Å². The molecule has 28 heteroatoms. The molecular formula is C65H101N15O13. The van der Waals surface area contributed by atoms with Crippen LogP contribution >= 0.6 is 0 Å². The zero-order valence-electron chi connectivity index (χ0n) is 54.9. The second kappa shape index (κ2) is 39.7. The lowest BCUT2D eigenvalue weighted by atomic mass is 9.83. The molecule has 2 aromatic rings. The van der Waals surface area contributed by atoms with E-state index in [-0.39, 0.29) is 68.7 Å². The van der Waals surface area contributed by atoms with Crippen molar-refractivity contribution in [3.63, 3.8) is 0 Å². The van der Waals surface area contributed by atoms with Gasteiger partial charge in [-0.25, -0.2) is 0 Å². The van der Waals surface area contributed by atoms with Gasteiger partial charge in [-0.05, 0) is 73.5 Å². The summed E-state index contributed by atoms with van der Waals surface area (Å²) < 4.78 is 0. The molecule has 0 bridgehead atoms. The van der Waals surface area contributed by atoms with Crippen LogP contribution in [-0.4, -0.2) is 142 Å². The summed E-state index contributed by atoms with van der Waals surface area (Å²) in [6.45, 7) is 12.0. The van der Waals surface area contributed by atoms with Crippen LogP contribution in [0.2, 0.25) is 0 Å².